The maximum atomic E-state index is 12.4. The Hall–Kier alpha value is -2.22. The zero-order valence-corrected chi connectivity index (χ0v) is 15.7. The molecule has 2 aromatic heterocycles. The highest BCUT2D eigenvalue weighted by Crippen LogP contribution is 2.32. The molecule has 26 heavy (non-hydrogen) atoms. The number of hydrogen-bond donors (Lipinski definition) is 1. The van der Waals surface area contributed by atoms with Crippen LogP contribution in [0.15, 0.2) is 17.1 Å². The van der Waals surface area contributed by atoms with Crippen LogP contribution in [0, 0.1) is 6.92 Å². The lowest BCUT2D eigenvalue weighted by Gasteiger charge is -2.22. The number of nitrogens with zero attached hydrogens (tertiary/aromatic N) is 4. The summed E-state index contributed by atoms with van der Waals surface area (Å²) in [6.07, 6.45) is 6.94. The molecule has 1 unspecified atom stereocenters. The predicted octanol–water partition coefficient (Wildman–Crippen LogP) is 1.80. The Morgan fingerprint density at radius 2 is 2.15 bits per heavy atom. The lowest BCUT2D eigenvalue weighted by atomic mass is 9.97. The third kappa shape index (κ3) is 3.51. The van der Waals surface area contributed by atoms with Crippen molar-refractivity contribution in [2.45, 2.75) is 51.6 Å². The highest BCUT2D eigenvalue weighted by molar-refractivity contribution is 7.11. The first-order valence-electron chi connectivity index (χ1n) is 9.18. The average Bonchev–Trinajstić information content (AvgIpc) is 3.26. The number of aromatic nitrogens is 3. The zero-order valence-electron chi connectivity index (χ0n) is 14.9. The van der Waals surface area contributed by atoms with Crippen LogP contribution in [-0.4, -0.2) is 33.8 Å². The molecular formula is C18H23N5O2S. The fourth-order valence-corrected chi connectivity index (χ4v) is 4.79. The van der Waals surface area contributed by atoms with Gasteiger partial charge in [0, 0.05) is 24.0 Å². The number of nitrogens with one attached hydrogen (secondary N) is 1. The van der Waals surface area contributed by atoms with Gasteiger partial charge in [-0.2, -0.15) is 5.10 Å². The topological polar surface area (TPSA) is 80.1 Å². The molecule has 2 aromatic rings. The van der Waals surface area contributed by atoms with Gasteiger partial charge >= 0.3 is 0 Å². The highest BCUT2D eigenvalue weighted by atomic mass is 32.1. The molecule has 1 amide bonds. The van der Waals surface area contributed by atoms with Crippen molar-refractivity contribution in [3.05, 3.63) is 38.2 Å². The summed E-state index contributed by atoms with van der Waals surface area (Å²) in [7, 11) is 0. The summed E-state index contributed by atoms with van der Waals surface area (Å²) in [4.78, 5) is 32.8. The highest BCUT2D eigenvalue weighted by Gasteiger charge is 2.25. The van der Waals surface area contributed by atoms with E-state index in [-0.39, 0.29) is 24.1 Å². The lowest BCUT2D eigenvalue weighted by molar-refractivity contribution is -0.122. The molecular weight excluding hydrogens is 350 g/mol. The van der Waals surface area contributed by atoms with Crippen LogP contribution in [0.3, 0.4) is 0 Å². The minimum atomic E-state index is -0.238. The van der Waals surface area contributed by atoms with Gasteiger partial charge < -0.3 is 10.2 Å². The van der Waals surface area contributed by atoms with Crippen LogP contribution in [0.4, 0.5) is 5.69 Å². The van der Waals surface area contributed by atoms with Crippen molar-refractivity contribution >= 4 is 22.9 Å². The number of anilines is 1. The van der Waals surface area contributed by atoms with Gasteiger partial charge in [0.05, 0.1) is 28.6 Å². The molecule has 1 aliphatic carbocycles. The van der Waals surface area contributed by atoms with Crippen LogP contribution in [0.2, 0.25) is 0 Å². The largest absolute Gasteiger partial charge is 0.370 e. The molecule has 0 radical (unpaired) electrons. The average molecular weight is 373 g/mol. The molecule has 1 fully saturated rings. The summed E-state index contributed by atoms with van der Waals surface area (Å²) < 4.78 is 1.23. The lowest BCUT2D eigenvalue weighted by Crippen LogP contribution is -2.37. The Bertz CT molecular complexity index is 869. The summed E-state index contributed by atoms with van der Waals surface area (Å²) in [5.41, 5.74) is 1.61. The first kappa shape index (κ1) is 17.2. The quantitative estimate of drug-likeness (QED) is 0.884. The monoisotopic (exact) mass is 373 g/mol. The van der Waals surface area contributed by atoms with Gasteiger partial charge in [-0.3, -0.25) is 9.59 Å². The van der Waals surface area contributed by atoms with E-state index >= 15 is 0 Å². The third-order valence-electron chi connectivity index (χ3n) is 5.02. The first-order chi connectivity index (χ1) is 12.6. The fraction of sp³-hybridized carbons (Fsp3) is 0.556. The molecule has 1 atom stereocenters. The van der Waals surface area contributed by atoms with Crippen molar-refractivity contribution in [1.82, 2.24) is 20.1 Å². The Kier molecular flexibility index (Phi) is 4.76. The molecule has 2 aliphatic rings. The normalized spacial score (nSPS) is 19.4. The van der Waals surface area contributed by atoms with E-state index in [1.54, 1.807) is 23.6 Å². The molecule has 3 heterocycles. The summed E-state index contributed by atoms with van der Waals surface area (Å²) in [6.45, 7) is 3.85. The van der Waals surface area contributed by atoms with E-state index in [9.17, 15) is 9.59 Å². The van der Waals surface area contributed by atoms with Gasteiger partial charge in [0.2, 0.25) is 5.91 Å². The van der Waals surface area contributed by atoms with Gasteiger partial charge in [0.15, 0.2) is 0 Å². The van der Waals surface area contributed by atoms with E-state index < -0.39 is 0 Å². The van der Waals surface area contributed by atoms with Crippen molar-refractivity contribution in [2.24, 2.45) is 0 Å². The molecule has 1 saturated heterocycles. The second-order valence-electron chi connectivity index (χ2n) is 6.96. The number of thiazole rings is 1. The summed E-state index contributed by atoms with van der Waals surface area (Å²) in [6, 6.07) is 1.52. The number of hydrogen-bond acceptors (Lipinski definition) is 6. The van der Waals surface area contributed by atoms with Crippen LogP contribution in [-0.2, 0) is 17.8 Å². The molecule has 0 bridgehead atoms. The van der Waals surface area contributed by atoms with Crippen LogP contribution >= 0.6 is 11.3 Å². The van der Waals surface area contributed by atoms with E-state index in [4.69, 9.17) is 0 Å². The van der Waals surface area contributed by atoms with E-state index in [2.05, 4.69) is 20.3 Å². The van der Waals surface area contributed by atoms with Crippen molar-refractivity contribution < 1.29 is 4.79 Å². The molecule has 4 rings (SSSR count). The van der Waals surface area contributed by atoms with Crippen LogP contribution < -0.4 is 15.8 Å². The molecule has 7 nitrogen and oxygen atoms in total. The number of amides is 1. The van der Waals surface area contributed by atoms with Gasteiger partial charge in [-0.25, -0.2) is 9.67 Å². The Labute approximate surface area is 156 Å². The van der Waals surface area contributed by atoms with E-state index in [1.807, 2.05) is 6.92 Å². The molecule has 0 saturated carbocycles. The Morgan fingerprint density at radius 1 is 1.35 bits per heavy atom. The first-order valence-corrected chi connectivity index (χ1v) is 9.99. The van der Waals surface area contributed by atoms with E-state index in [0.29, 0.717) is 0 Å². The number of aryl methyl sites for hydroxylation is 2. The Balaban J connectivity index is 1.43. The van der Waals surface area contributed by atoms with Gasteiger partial charge in [-0.1, -0.05) is 0 Å². The van der Waals surface area contributed by atoms with Crippen molar-refractivity contribution in [2.75, 3.05) is 18.0 Å². The second-order valence-corrected chi connectivity index (χ2v) is 8.25. The summed E-state index contributed by atoms with van der Waals surface area (Å²) in [5, 5.41) is 8.26. The minimum Gasteiger partial charge on any atom is -0.370 e. The van der Waals surface area contributed by atoms with Crippen LogP contribution in [0.1, 0.15) is 47.3 Å². The molecule has 1 aliphatic heterocycles. The van der Waals surface area contributed by atoms with Crippen molar-refractivity contribution in [3.63, 3.8) is 0 Å². The predicted molar refractivity (Wildman–Crippen MR) is 101 cm³/mol. The van der Waals surface area contributed by atoms with Crippen molar-refractivity contribution in [3.8, 4) is 0 Å². The molecule has 1 N–H and O–H groups in total. The Morgan fingerprint density at radius 3 is 2.92 bits per heavy atom. The fourth-order valence-electron chi connectivity index (χ4n) is 3.75. The standard InChI is InChI=1S/C18H23N5O2S/c1-12-20-18-14(5-4-6-15(18)26-12)21-16(24)11-23-17(25)9-13(10-19-23)22-7-2-3-8-22/h9-10,14H,2-8,11H2,1H3,(H,21,24). The number of fused-ring (bicyclic) bond motifs is 1. The van der Waals surface area contributed by atoms with Crippen LogP contribution in [0.5, 0.6) is 0 Å². The van der Waals surface area contributed by atoms with Gasteiger partial charge in [-0.15, -0.1) is 11.3 Å². The molecule has 138 valence electrons. The molecule has 0 aromatic carbocycles. The van der Waals surface area contributed by atoms with E-state index in [0.717, 1.165) is 61.6 Å². The minimum absolute atomic E-state index is 0.0595. The SMILES string of the molecule is Cc1nc2c(s1)CCCC2NC(=O)Cn1ncc(N2CCCC2)cc1=O. The van der Waals surface area contributed by atoms with E-state index in [1.165, 1.54) is 9.56 Å². The van der Waals surface area contributed by atoms with Crippen LogP contribution in [0.25, 0.3) is 0 Å². The number of carbonyl (C=O) groups is 1. The van der Waals surface area contributed by atoms with Crippen molar-refractivity contribution in [1.29, 1.82) is 0 Å². The second kappa shape index (κ2) is 7.19. The molecule has 8 heteroatoms. The van der Waals surface area contributed by atoms with Gasteiger partial charge in [0.25, 0.3) is 5.56 Å². The maximum Gasteiger partial charge on any atom is 0.269 e. The summed E-state index contributed by atoms with van der Waals surface area (Å²) in [5.74, 6) is -0.197. The number of carbonyl (C=O) groups excluding carboxylic acids is 1. The summed E-state index contributed by atoms with van der Waals surface area (Å²) >= 11 is 1.71. The maximum absolute atomic E-state index is 12.4. The molecule has 0 spiro atoms. The van der Waals surface area contributed by atoms with Gasteiger partial charge in [-0.05, 0) is 39.0 Å². The smallest absolute Gasteiger partial charge is 0.269 e. The number of rotatable bonds is 4. The van der Waals surface area contributed by atoms with Gasteiger partial charge in [0.1, 0.15) is 6.54 Å². The third-order valence-corrected chi connectivity index (χ3v) is 6.06. The zero-order chi connectivity index (χ0) is 18.1.